The van der Waals surface area contributed by atoms with Gasteiger partial charge in [0.25, 0.3) is 0 Å². The summed E-state index contributed by atoms with van der Waals surface area (Å²) in [4.78, 5) is 0. The Balaban J connectivity index is 2.95. The zero-order chi connectivity index (χ0) is 11.5. The first-order chi connectivity index (χ1) is 6.95. The van der Waals surface area contributed by atoms with Gasteiger partial charge in [-0.05, 0) is 0 Å². The summed E-state index contributed by atoms with van der Waals surface area (Å²) in [5.74, 6) is 0. The van der Waals surface area contributed by atoms with Gasteiger partial charge in [0.05, 0.1) is 0 Å². The van der Waals surface area contributed by atoms with E-state index < -0.39 is 11.7 Å². The van der Waals surface area contributed by atoms with Crippen molar-refractivity contribution in [2.75, 3.05) is 0 Å². The molecular weight excluding hydrogens is 332 g/mol. The topological polar surface area (TPSA) is 0 Å². The Labute approximate surface area is 102 Å². The minimum atomic E-state index is -4.23. The Hall–Kier alpha value is 0.0484. The molecule has 5 heteroatoms. The predicted octanol–water partition coefficient (Wildman–Crippen LogP) is 3.84. The molecule has 0 nitrogen and oxygen atoms in total. The van der Waals surface area contributed by atoms with Crippen LogP contribution < -0.4 is 0 Å². The van der Waals surface area contributed by atoms with Gasteiger partial charge in [-0.1, -0.05) is 0 Å². The van der Waals surface area contributed by atoms with Gasteiger partial charge in [-0.15, -0.1) is 0 Å². The minimum absolute atomic E-state index is 0.139. The average Bonchev–Trinajstić information content (AvgIpc) is 2.15. The molecule has 0 amide bonds. The summed E-state index contributed by atoms with van der Waals surface area (Å²) < 4.78 is 38.0. The van der Waals surface area contributed by atoms with E-state index in [1.165, 1.54) is 12.1 Å². The standard InChI is InChI=1S/C10H11AsBrF3/c1-2-11-6-7-5-8(10(13,14)15)3-4-9(7)12/h3-5,11H,2,6H2,1H3. The second-order valence-electron chi connectivity index (χ2n) is 3.08. The van der Waals surface area contributed by atoms with E-state index in [0.29, 0.717) is 0 Å². The van der Waals surface area contributed by atoms with E-state index in [2.05, 4.69) is 22.9 Å². The van der Waals surface area contributed by atoms with Gasteiger partial charge in [0.15, 0.2) is 0 Å². The number of alkyl halides is 3. The first-order valence-electron chi connectivity index (χ1n) is 4.51. The van der Waals surface area contributed by atoms with Crippen LogP contribution in [0.2, 0.25) is 5.21 Å². The Bertz CT molecular complexity index is 336. The molecule has 1 atom stereocenters. The fourth-order valence-corrected chi connectivity index (χ4v) is 3.78. The molecule has 84 valence electrons. The molecule has 0 spiro atoms. The van der Waals surface area contributed by atoms with Crippen molar-refractivity contribution in [2.45, 2.75) is 23.5 Å². The summed E-state index contributed by atoms with van der Waals surface area (Å²) >= 11 is 3.14. The quantitative estimate of drug-likeness (QED) is 0.732. The monoisotopic (exact) mass is 342 g/mol. The van der Waals surface area contributed by atoms with E-state index in [9.17, 15) is 13.2 Å². The zero-order valence-electron chi connectivity index (χ0n) is 8.16. The number of hydrogen-bond donors (Lipinski definition) is 0. The van der Waals surface area contributed by atoms with Gasteiger partial charge in [-0.3, -0.25) is 0 Å². The van der Waals surface area contributed by atoms with Crippen LogP contribution in [0.1, 0.15) is 18.1 Å². The first kappa shape index (κ1) is 13.1. The fraction of sp³-hybridized carbons (Fsp3) is 0.400. The van der Waals surface area contributed by atoms with Crippen molar-refractivity contribution in [1.29, 1.82) is 0 Å². The number of hydrogen-bond acceptors (Lipinski definition) is 0. The predicted molar refractivity (Wildman–Crippen MR) is 60.5 cm³/mol. The summed E-state index contributed by atoms with van der Waals surface area (Å²) in [5.41, 5.74) is 0.232. The van der Waals surface area contributed by atoms with Gasteiger partial charge in [0.2, 0.25) is 0 Å². The maximum atomic E-state index is 12.4. The molecule has 1 aromatic carbocycles. The van der Waals surface area contributed by atoms with Crippen LogP contribution in [0.5, 0.6) is 0 Å². The third-order valence-corrected chi connectivity index (χ3v) is 5.08. The molecule has 0 heterocycles. The molecule has 1 rings (SSSR count). The van der Waals surface area contributed by atoms with Crippen molar-refractivity contribution in [2.24, 2.45) is 0 Å². The Morgan fingerprint density at radius 2 is 2.00 bits per heavy atom. The van der Waals surface area contributed by atoms with Gasteiger partial charge in [0.1, 0.15) is 0 Å². The normalized spacial score (nSPS) is 12.6. The van der Waals surface area contributed by atoms with Gasteiger partial charge < -0.3 is 0 Å². The second-order valence-corrected chi connectivity index (χ2v) is 7.21. The van der Waals surface area contributed by atoms with Crippen molar-refractivity contribution < 1.29 is 13.2 Å². The van der Waals surface area contributed by atoms with Crippen molar-refractivity contribution >= 4 is 31.7 Å². The molecule has 0 aromatic heterocycles. The molecule has 0 saturated heterocycles. The van der Waals surface area contributed by atoms with E-state index in [0.717, 1.165) is 26.5 Å². The van der Waals surface area contributed by atoms with Crippen molar-refractivity contribution in [3.05, 3.63) is 33.8 Å². The van der Waals surface area contributed by atoms with E-state index >= 15 is 0 Å². The van der Waals surface area contributed by atoms with Crippen LogP contribution in [-0.4, -0.2) is 15.8 Å². The average molecular weight is 343 g/mol. The van der Waals surface area contributed by atoms with Gasteiger partial charge >= 0.3 is 102 Å². The zero-order valence-corrected chi connectivity index (χ0v) is 11.8. The summed E-state index contributed by atoms with van der Waals surface area (Å²) in [6.45, 7) is 2.07. The molecule has 0 N–H and O–H groups in total. The molecule has 1 unspecified atom stereocenters. The SMILES string of the molecule is CC[AsH]Cc1cc(C(F)(F)F)ccc1Br. The molecule has 0 aliphatic carbocycles. The molecule has 15 heavy (non-hydrogen) atoms. The molecule has 1 aromatic rings. The molecule has 0 bridgehead atoms. The first-order valence-corrected chi connectivity index (χ1v) is 8.27. The van der Waals surface area contributed by atoms with Crippen LogP contribution in [0.15, 0.2) is 22.7 Å². The molecule has 0 aliphatic heterocycles. The number of rotatable bonds is 3. The van der Waals surface area contributed by atoms with Crippen LogP contribution in [-0.2, 0) is 11.4 Å². The van der Waals surface area contributed by atoms with E-state index in [1.54, 1.807) is 0 Å². The number of benzene rings is 1. The van der Waals surface area contributed by atoms with Crippen LogP contribution in [0.3, 0.4) is 0 Å². The summed E-state index contributed by atoms with van der Waals surface area (Å²) in [5, 5.41) is 1.91. The number of halogens is 4. The van der Waals surface area contributed by atoms with Crippen LogP contribution in [0.25, 0.3) is 0 Å². The van der Waals surface area contributed by atoms with Gasteiger partial charge in [-0.25, -0.2) is 0 Å². The van der Waals surface area contributed by atoms with Crippen LogP contribution in [0, 0.1) is 0 Å². The molecule has 0 radical (unpaired) electrons. The Morgan fingerprint density at radius 1 is 1.33 bits per heavy atom. The summed E-state index contributed by atoms with van der Waals surface area (Å²) in [6, 6.07) is 3.85. The molecular formula is C10H11AsBrF3. The second kappa shape index (κ2) is 5.40. The van der Waals surface area contributed by atoms with Crippen molar-refractivity contribution in [3.63, 3.8) is 0 Å². The Morgan fingerprint density at radius 3 is 2.53 bits per heavy atom. The van der Waals surface area contributed by atoms with E-state index in [4.69, 9.17) is 0 Å². The maximum absolute atomic E-state index is 12.4. The van der Waals surface area contributed by atoms with E-state index in [1.807, 2.05) is 0 Å². The third-order valence-electron chi connectivity index (χ3n) is 1.94. The Kier molecular flexibility index (Phi) is 4.72. The van der Waals surface area contributed by atoms with Crippen LogP contribution >= 0.6 is 15.9 Å². The molecule has 0 fully saturated rings. The van der Waals surface area contributed by atoms with Gasteiger partial charge in [-0.2, -0.15) is 0 Å². The third kappa shape index (κ3) is 3.84. The van der Waals surface area contributed by atoms with E-state index in [-0.39, 0.29) is 15.8 Å². The summed E-state index contributed by atoms with van der Waals surface area (Å²) in [7, 11) is 0. The summed E-state index contributed by atoms with van der Waals surface area (Å²) in [6.07, 6.45) is -4.23. The van der Waals surface area contributed by atoms with Crippen LogP contribution in [0.4, 0.5) is 13.2 Å². The fourth-order valence-electron chi connectivity index (χ4n) is 1.15. The molecule has 0 aliphatic rings. The van der Waals surface area contributed by atoms with Crippen molar-refractivity contribution in [1.82, 2.24) is 0 Å². The van der Waals surface area contributed by atoms with Gasteiger partial charge in [0, 0.05) is 0 Å². The molecule has 0 saturated carbocycles. The van der Waals surface area contributed by atoms with Crippen molar-refractivity contribution in [3.8, 4) is 0 Å².